The third kappa shape index (κ3) is 4.30. The molecule has 1 aliphatic carbocycles. The fourth-order valence-corrected chi connectivity index (χ4v) is 2.63. The minimum absolute atomic E-state index is 0.0321. The number of halogens is 1. The van der Waals surface area contributed by atoms with Crippen LogP contribution in [0.2, 0.25) is 0 Å². The molecule has 2 atom stereocenters. The zero-order valence-corrected chi connectivity index (χ0v) is 12.2. The van der Waals surface area contributed by atoms with Gasteiger partial charge in [-0.1, -0.05) is 18.8 Å². The topological polar surface area (TPSA) is 49.3 Å². The first kappa shape index (κ1) is 15.5. The maximum Gasteiger partial charge on any atom is 0.252 e. The van der Waals surface area contributed by atoms with Crippen LogP contribution in [0.5, 0.6) is 0 Å². The molecule has 0 heterocycles. The van der Waals surface area contributed by atoms with E-state index in [1.807, 2.05) is 0 Å². The Hall–Kier alpha value is -1.86. The molecule has 0 saturated heterocycles. The lowest BCUT2D eigenvalue weighted by Gasteiger charge is -2.13. The molecular weight excluding hydrogens is 269 g/mol. The summed E-state index contributed by atoms with van der Waals surface area (Å²) in [6.45, 7) is 2.13. The molecule has 0 radical (unpaired) electrons. The van der Waals surface area contributed by atoms with Crippen molar-refractivity contribution in [2.75, 3.05) is 6.61 Å². The zero-order valence-electron chi connectivity index (χ0n) is 12.2. The van der Waals surface area contributed by atoms with Crippen molar-refractivity contribution in [3.05, 3.63) is 35.1 Å². The van der Waals surface area contributed by atoms with E-state index in [0.29, 0.717) is 17.9 Å². The molecule has 4 heteroatoms. The van der Waals surface area contributed by atoms with E-state index >= 15 is 0 Å². The quantitative estimate of drug-likeness (QED) is 0.840. The monoisotopic (exact) mass is 289 g/mol. The van der Waals surface area contributed by atoms with Crippen LogP contribution in [0.3, 0.4) is 0 Å². The first-order chi connectivity index (χ1) is 10.1. The zero-order chi connectivity index (χ0) is 15.2. The second-order valence-corrected chi connectivity index (χ2v) is 5.55. The minimum Gasteiger partial charge on any atom is -0.395 e. The minimum atomic E-state index is -0.451. The lowest BCUT2D eigenvalue weighted by Crippen LogP contribution is -2.33. The largest absolute Gasteiger partial charge is 0.395 e. The van der Waals surface area contributed by atoms with Gasteiger partial charge in [-0.15, -0.1) is 0 Å². The van der Waals surface area contributed by atoms with Crippen LogP contribution in [0.4, 0.5) is 4.39 Å². The molecule has 1 aromatic rings. The lowest BCUT2D eigenvalue weighted by molar-refractivity contribution is 0.0936. The van der Waals surface area contributed by atoms with Crippen molar-refractivity contribution in [3.8, 4) is 11.8 Å². The number of benzene rings is 1. The van der Waals surface area contributed by atoms with Gasteiger partial charge in [-0.05, 0) is 43.4 Å². The van der Waals surface area contributed by atoms with Crippen molar-refractivity contribution < 1.29 is 14.3 Å². The third-order valence-electron chi connectivity index (χ3n) is 3.72. The van der Waals surface area contributed by atoms with Crippen LogP contribution in [-0.2, 0) is 0 Å². The van der Waals surface area contributed by atoms with E-state index in [9.17, 15) is 9.18 Å². The second kappa shape index (κ2) is 7.24. The highest BCUT2D eigenvalue weighted by atomic mass is 19.1. The maximum atomic E-state index is 13.4. The molecule has 2 unspecified atom stereocenters. The Morgan fingerprint density at radius 3 is 2.95 bits per heavy atom. The number of hydrogen-bond donors (Lipinski definition) is 2. The summed E-state index contributed by atoms with van der Waals surface area (Å²) in [4.78, 5) is 12.3. The number of carbonyl (C=O) groups is 1. The highest BCUT2D eigenvalue weighted by Crippen LogP contribution is 2.25. The van der Waals surface area contributed by atoms with Gasteiger partial charge in [0.1, 0.15) is 5.82 Å². The van der Waals surface area contributed by atoms with E-state index in [0.717, 1.165) is 19.3 Å². The number of rotatable bonds is 3. The van der Waals surface area contributed by atoms with Gasteiger partial charge < -0.3 is 10.4 Å². The molecule has 0 spiro atoms. The summed E-state index contributed by atoms with van der Waals surface area (Å²) in [5.74, 6) is 5.47. The van der Waals surface area contributed by atoms with E-state index in [1.54, 1.807) is 0 Å². The summed E-state index contributed by atoms with van der Waals surface area (Å²) in [5.41, 5.74) is 0.758. The van der Waals surface area contributed by atoms with Crippen LogP contribution < -0.4 is 5.32 Å². The SMILES string of the molecule is CC1CCC(NC(=O)c2cc(F)ccc2C#CCCO)C1. The van der Waals surface area contributed by atoms with Crippen LogP contribution >= 0.6 is 0 Å². The number of nitrogens with one attached hydrogen (secondary N) is 1. The Labute approximate surface area is 124 Å². The van der Waals surface area contributed by atoms with Crippen LogP contribution in [0.1, 0.15) is 48.5 Å². The highest BCUT2D eigenvalue weighted by molar-refractivity contribution is 5.97. The number of amides is 1. The molecule has 1 fully saturated rings. The van der Waals surface area contributed by atoms with E-state index in [1.165, 1.54) is 18.2 Å². The summed E-state index contributed by atoms with van der Waals surface area (Å²) < 4.78 is 13.4. The number of hydrogen-bond acceptors (Lipinski definition) is 2. The van der Waals surface area contributed by atoms with Gasteiger partial charge in [0.05, 0.1) is 12.2 Å². The van der Waals surface area contributed by atoms with E-state index in [2.05, 4.69) is 24.1 Å². The fraction of sp³-hybridized carbons (Fsp3) is 0.471. The fourth-order valence-electron chi connectivity index (χ4n) is 2.63. The van der Waals surface area contributed by atoms with Crippen molar-refractivity contribution in [3.63, 3.8) is 0 Å². The summed E-state index contributed by atoms with van der Waals surface area (Å²) in [6.07, 6.45) is 3.37. The van der Waals surface area contributed by atoms with Gasteiger partial charge in [0.15, 0.2) is 0 Å². The first-order valence-electron chi connectivity index (χ1n) is 7.30. The van der Waals surface area contributed by atoms with Crippen molar-refractivity contribution in [2.45, 2.75) is 38.6 Å². The molecule has 2 rings (SSSR count). The Balaban J connectivity index is 2.15. The van der Waals surface area contributed by atoms with Crippen LogP contribution in [-0.4, -0.2) is 23.7 Å². The number of aliphatic hydroxyl groups excluding tert-OH is 1. The standard InChI is InChI=1S/C17H20FNO2/c1-12-5-8-15(10-12)19-17(21)16-11-14(18)7-6-13(16)4-2-3-9-20/h6-7,11-12,15,20H,3,5,8-10H2,1H3,(H,19,21). The van der Waals surface area contributed by atoms with Crippen molar-refractivity contribution in [1.29, 1.82) is 0 Å². The van der Waals surface area contributed by atoms with Gasteiger partial charge in [0, 0.05) is 18.0 Å². The van der Waals surface area contributed by atoms with E-state index in [-0.39, 0.29) is 24.1 Å². The molecule has 112 valence electrons. The molecule has 0 aliphatic heterocycles. The van der Waals surface area contributed by atoms with Crippen molar-refractivity contribution in [2.24, 2.45) is 5.92 Å². The summed E-state index contributed by atoms with van der Waals surface area (Å²) in [5, 5.41) is 11.7. The molecule has 3 nitrogen and oxygen atoms in total. The molecule has 1 aliphatic rings. The van der Waals surface area contributed by atoms with Crippen LogP contribution in [0.15, 0.2) is 18.2 Å². The Morgan fingerprint density at radius 1 is 1.48 bits per heavy atom. The Morgan fingerprint density at radius 2 is 2.29 bits per heavy atom. The Bertz CT molecular complexity index is 574. The molecular formula is C17H20FNO2. The summed E-state index contributed by atoms with van der Waals surface area (Å²) in [6, 6.07) is 4.17. The van der Waals surface area contributed by atoms with Crippen molar-refractivity contribution >= 4 is 5.91 Å². The molecule has 1 saturated carbocycles. The van der Waals surface area contributed by atoms with E-state index in [4.69, 9.17) is 5.11 Å². The molecule has 2 N–H and O–H groups in total. The van der Waals surface area contributed by atoms with Gasteiger partial charge in [-0.25, -0.2) is 4.39 Å². The summed E-state index contributed by atoms with van der Waals surface area (Å²) in [7, 11) is 0. The van der Waals surface area contributed by atoms with Gasteiger partial charge >= 0.3 is 0 Å². The number of carbonyl (C=O) groups excluding carboxylic acids is 1. The predicted molar refractivity (Wildman–Crippen MR) is 79.3 cm³/mol. The average molecular weight is 289 g/mol. The van der Waals surface area contributed by atoms with Crippen LogP contribution in [0.25, 0.3) is 0 Å². The van der Waals surface area contributed by atoms with Crippen LogP contribution in [0, 0.1) is 23.6 Å². The van der Waals surface area contributed by atoms with Gasteiger partial charge in [-0.3, -0.25) is 4.79 Å². The average Bonchev–Trinajstić information content (AvgIpc) is 2.86. The summed E-state index contributed by atoms with van der Waals surface area (Å²) >= 11 is 0. The van der Waals surface area contributed by atoms with E-state index < -0.39 is 5.82 Å². The predicted octanol–water partition coefficient (Wildman–Crippen LogP) is 2.48. The Kier molecular flexibility index (Phi) is 5.35. The van der Waals surface area contributed by atoms with Gasteiger partial charge in [0.25, 0.3) is 5.91 Å². The van der Waals surface area contributed by atoms with Crippen molar-refractivity contribution in [1.82, 2.24) is 5.32 Å². The highest BCUT2D eigenvalue weighted by Gasteiger charge is 2.24. The number of aliphatic hydroxyl groups is 1. The lowest BCUT2D eigenvalue weighted by atomic mass is 10.1. The second-order valence-electron chi connectivity index (χ2n) is 5.55. The van der Waals surface area contributed by atoms with Gasteiger partial charge in [0.2, 0.25) is 0 Å². The molecule has 0 bridgehead atoms. The molecule has 0 aromatic heterocycles. The van der Waals surface area contributed by atoms with Gasteiger partial charge in [-0.2, -0.15) is 0 Å². The molecule has 1 aromatic carbocycles. The maximum absolute atomic E-state index is 13.4. The normalized spacial score (nSPS) is 20.7. The molecule has 21 heavy (non-hydrogen) atoms. The smallest absolute Gasteiger partial charge is 0.252 e. The molecule has 1 amide bonds. The first-order valence-corrected chi connectivity index (χ1v) is 7.30. The third-order valence-corrected chi connectivity index (χ3v) is 3.72.